The van der Waals surface area contributed by atoms with Gasteiger partial charge in [0.15, 0.2) is 0 Å². The van der Waals surface area contributed by atoms with E-state index in [9.17, 15) is 0 Å². The number of benzene rings is 8. The van der Waals surface area contributed by atoms with Gasteiger partial charge < -0.3 is 4.57 Å². The molecule has 0 radical (unpaired) electrons. The van der Waals surface area contributed by atoms with Gasteiger partial charge in [0.25, 0.3) is 0 Å². The van der Waals surface area contributed by atoms with Crippen LogP contribution in [0.5, 0.6) is 0 Å². The van der Waals surface area contributed by atoms with Crippen LogP contribution in [0.25, 0.3) is 88.4 Å². The molecule has 4 nitrogen and oxygen atoms in total. The predicted octanol–water partition coefficient (Wildman–Crippen LogP) is 12.8. The lowest BCUT2D eigenvalue weighted by molar-refractivity contribution is 0.763. The molecule has 0 N–H and O–H groups in total. The van der Waals surface area contributed by atoms with Gasteiger partial charge in [-0.05, 0) is 64.9 Å². The molecule has 1 atom stereocenters. The Balaban J connectivity index is 1.15. The van der Waals surface area contributed by atoms with Crippen molar-refractivity contribution in [3.8, 4) is 34.0 Å². The number of hydrogen-bond donors (Lipinski definition) is 0. The second-order valence-corrected chi connectivity index (χ2v) is 14.9. The molecule has 0 bridgehead atoms. The maximum absolute atomic E-state index is 5.40. The number of rotatable bonds is 4. The standard InChI is InChI=1S/C52H34N4/c1-3-17-33(18-4-1)50-40-26-11-14-28-45(40)53-52(54-50)56-46-29-15-12-23-37(46)44-31-42(36-22-8-10-25-39(36)51(44)56)43-32-48-49(38-24-9-7-21-35(38)43)41-27-13-16-30-47(41)55(48)34-19-5-2-6-20-34/h1-31,43H,32H2. The zero-order valence-corrected chi connectivity index (χ0v) is 30.5. The molecule has 1 aliphatic rings. The smallest absolute Gasteiger partial charge is 0.235 e. The zero-order valence-electron chi connectivity index (χ0n) is 30.5. The third-order valence-electron chi connectivity index (χ3n) is 11.9. The van der Waals surface area contributed by atoms with Gasteiger partial charge >= 0.3 is 0 Å². The average molecular weight is 715 g/mol. The maximum Gasteiger partial charge on any atom is 0.235 e. The van der Waals surface area contributed by atoms with Crippen molar-refractivity contribution in [2.45, 2.75) is 12.3 Å². The highest BCUT2D eigenvalue weighted by atomic mass is 15.2. The van der Waals surface area contributed by atoms with Gasteiger partial charge in [-0.25, -0.2) is 9.97 Å². The summed E-state index contributed by atoms with van der Waals surface area (Å²) in [6.07, 6.45) is 0.873. The molecular weight excluding hydrogens is 681 g/mol. The number of nitrogens with zero attached hydrogens (tertiary/aromatic N) is 4. The van der Waals surface area contributed by atoms with Crippen molar-refractivity contribution < 1.29 is 0 Å². The summed E-state index contributed by atoms with van der Waals surface area (Å²) in [4.78, 5) is 10.7. The fourth-order valence-corrected chi connectivity index (χ4v) is 9.60. The van der Waals surface area contributed by atoms with E-state index in [2.05, 4.69) is 197 Å². The van der Waals surface area contributed by atoms with E-state index in [0.29, 0.717) is 5.95 Å². The summed E-state index contributed by atoms with van der Waals surface area (Å²) in [6.45, 7) is 0. The van der Waals surface area contributed by atoms with E-state index < -0.39 is 0 Å². The van der Waals surface area contributed by atoms with E-state index in [0.717, 1.165) is 39.6 Å². The fraction of sp³-hybridized carbons (Fsp3) is 0.0385. The quantitative estimate of drug-likeness (QED) is 0.182. The predicted molar refractivity (Wildman–Crippen MR) is 231 cm³/mol. The van der Waals surface area contributed by atoms with Crippen molar-refractivity contribution in [3.05, 3.63) is 205 Å². The van der Waals surface area contributed by atoms with Crippen LogP contribution in [0.1, 0.15) is 22.7 Å². The van der Waals surface area contributed by atoms with Gasteiger partial charge in [0.2, 0.25) is 5.95 Å². The Morgan fingerprint density at radius 2 is 1.05 bits per heavy atom. The van der Waals surface area contributed by atoms with Crippen LogP contribution < -0.4 is 0 Å². The van der Waals surface area contributed by atoms with Gasteiger partial charge in [0.05, 0.1) is 27.8 Å². The van der Waals surface area contributed by atoms with E-state index in [1.807, 2.05) is 0 Å². The van der Waals surface area contributed by atoms with Crippen LogP contribution in [0.2, 0.25) is 0 Å². The van der Waals surface area contributed by atoms with Crippen LogP contribution in [-0.4, -0.2) is 19.1 Å². The van der Waals surface area contributed by atoms with Crippen molar-refractivity contribution in [3.63, 3.8) is 0 Å². The SMILES string of the molecule is c1ccc(-c2nc(-n3c4ccccc4c4cc(C5Cc6c(c7ccccc7n6-c6ccccc6)-c6ccccc65)c5ccccc5c43)nc3ccccc23)cc1. The van der Waals surface area contributed by atoms with E-state index in [-0.39, 0.29) is 5.92 Å². The van der Waals surface area contributed by atoms with Crippen molar-refractivity contribution in [1.82, 2.24) is 19.1 Å². The van der Waals surface area contributed by atoms with Crippen molar-refractivity contribution in [2.24, 2.45) is 0 Å². The Hall–Kier alpha value is -7.30. The number of para-hydroxylation sites is 4. The summed E-state index contributed by atoms with van der Waals surface area (Å²) < 4.78 is 4.80. The fourth-order valence-electron chi connectivity index (χ4n) is 9.60. The lowest BCUT2D eigenvalue weighted by Crippen LogP contribution is -2.15. The maximum atomic E-state index is 5.40. The molecule has 0 spiro atoms. The van der Waals surface area contributed by atoms with Crippen LogP contribution in [0.3, 0.4) is 0 Å². The number of fused-ring (bicyclic) bond motifs is 11. The largest absolute Gasteiger partial charge is 0.313 e. The molecule has 0 amide bonds. The number of hydrogen-bond acceptors (Lipinski definition) is 2. The van der Waals surface area contributed by atoms with E-state index >= 15 is 0 Å². The molecule has 3 heterocycles. The summed E-state index contributed by atoms with van der Waals surface area (Å²) in [5.41, 5.74) is 14.3. The molecule has 4 heteroatoms. The molecule has 56 heavy (non-hydrogen) atoms. The Labute approximate surface area is 323 Å². The highest BCUT2D eigenvalue weighted by molar-refractivity contribution is 6.19. The molecule has 1 unspecified atom stereocenters. The average Bonchev–Trinajstić information content (AvgIpc) is 3.79. The molecule has 0 aliphatic heterocycles. The van der Waals surface area contributed by atoms with E-state index in [1.165, 1.54) is 66.1 Å². The summed E-state index contributed by atoms with van der Waals surface area (Å²) in [5.74, 6) is 0.801. The first-order chi connectivity index (χ1) is 27.8. The molecule has 3 aromatic heterocycles. The minimum atomic E-state index is 0.128. The van der Waals surface area contributed by atoms with Gasteiger partial charge in [-0.3, -0.25) is 4.57 Å². The van der Waals surface area contributed by atoms with Crippen molar-refractivity contribution >= 4 is 54.4 Å². The van der Waals surface area contributed by atoms with Crippen molar-refractivity contribution in [2.75, 3.05) is 0 Å². The van der Waals surface area contributed by atoms with Crippen LogP contribution >= 0.6 is 0 Å². The van der Waals surface area contributed by atoms with Crippen LogP contribution in [-0.2, 0) is 6.42 Å². The minimum absolute atomic E-state index is 0.128. The molecule has 0 saturated heterocycles. The van der Waals surface area contributed by atoms with E-state index in [1.54, 1.807) is 0 Å². The summed E-state index contributed by atoms with van der Waals surface area (Å²) in [5, 5.41) is 7.18. The molecule has 1 aliphatic carbocycles. The lowest BCUT2D eigenvalue weighted by Gasteiger charge is -2.29. The summed E-state index contributed by atoms with van der Waals surface area (Å²) in [6, 6.07) is 67.9. The second-order valence-electron chi connectivity index (χ2n) is 14.9. The van der Waals surface area contributed by atoms with Gasteiger partial charge in [-0.2, -0.15) is 0 Å². The van der Waals surface area contributed by atoms with Crippen LogP contribution in [0.4, 0.5) is 0 Å². The Morgan fingerprint density at radius 3 is 1.86 bits per heavy atom. The van der Waals surface area contributed by atoms with Gasteiger partial charge in [0.1, 0.15) is 0 Å². The molecule has 11 aromatic rings. The minimum Gasteiger partial charge on any atom is -0.313 e. The number of aromatic nitrogens is 4. The molecule has 0 fully saturated rings. The highest BCUT2D eigenvalue weighted by Gasteiger charge is 2.33. The lowest BCUT2D eigenvalue weighted by atomic mass is 9.76. The summed E-state index contributed by atoms with van der Waals surface area (Å²) in [7, 11) is 0. The van der Waals surface area contributed by atoms with Gasteiger partial charge in [-0.1, -0.05) is 152 Å². The van der Waals surface area contributed by atoms with Crippen LogP contribution in [0.15, 0.2) is 188 Å². The molecule has 8 aromatic carbocycles. The molecular formula is C52H34N4. The normalized spacial score (nSPS) is 13.8. The first-order valence-corrected chi connectivity index (χ1v) is 19.4. The monoisotopic (exact) mass is 714 g/mol. The van der Waals surface area contributed by atoms with Crippen LogP contribution in [0, 0.1) is 0 Å². The Kier molecular flexibility index (Phi) is 6.72. The third-order valence-corrected chi connectivity index (χ3v) is 11.9. The first kappa shape index (κ1) is 31.1. The summed E-state index contributed by atoms with van der Waals surface area (Å²) >= 11 is 0. The van der Waals surface area contributed by atoms with Gasteiger partial charge in [0, 0.05) is 55.4 Å². The Morgan fingerprint density at radius 1 is 0.446 bits per heavy atom. The zero-order chi connectivity index (χ0) is 36.7. The second kappa shape index (κ2) is 12.1. The van der Waals surface area contributed by atoms with Gasteiger partial charge in [-0.15, -0.1) is 0 Å². The first-order valence-electron chi connectivity index (χ1n) is 19.4. The highest BCUT2D eigenvalue weighted by Crippen LogP contribution is 2.50. The molecule has 12 rings (SSSR count). The molecule has 0 saturated carbocycles. The van der Waals surface area contributed by atoms with E-state index in [4.69, 9.17) is 9.97 Å². The Bertz CT molecular complexity index is 3300. The van der Waals surface area contributed by atoms with Crippen molar-refractivity contribution in [1.29, 1.82) is 0 Å². The molecule has 262 valence electrons. The third kappa shape index (κ3) is 4.47. The topological polar surface area (TPSA) is 35.6 Å².